The lowest BCUT2D eigenvalue weighted by Gasteiger charge is -2.12. The summed E-state index contributed by atoms with van der Waals surface area (Å²) >= 11 is 7.31. The maximum Gasteiger partial charge on any atom is 0.259 e. The van der Waals surface area contributed by atoms with E-state index in [0.717, 1.165) is 5.56 Å². The normalized spacial score (nSPS) is 12.3. The molecule has 7 heteroatoms. The van der Waals surface area contributed by atoms with E-state index in [-0.39, 0.29) is 11.2 Å². The van der Waals surface area contributed by atoms with Crippen molar-refractivity contribution >= 4 is 46.2 Å². The Balaban J connectivity index is 1.71. The first-order valence-electron chi connectivity index (χ1n) is 6.99. The van der Waals surface area contributed by atoms with Crippen LogP contribution in [0.1, 0.15) is 12.5 Å². The number of nitrogens with one attached hydrogen (secondary N) is 1. The van der Waals surface area contributed by atoms with E-state index in [4.69, 9.17) is 16.0 Å². The number of pyridine rings is 1. The summed E-state index contributed by atoms with van der Waals surface area (Å²) in [5.74, 6) is -0.143. The summed E-state index contributed by atoms with van der Waals surface area (Å²) in [6.07, 6.45) is 1.65. The number of thioether (sulfide) groups is 1. The molecular formula is C16H14ClN3O2S. The molecule has 23 heavy (non-hydrogen) atoms. The zero-order chi connectivity index (χ0) is 16.4. The molecule has 1 atom stereocenters. The van der Waals surface area contributed by atoms with Gasteiger partial charge in [-0.2, -0.15) is 4.98 Å². The van der Waals surface area contributed by atoms with Crippen molar-refractivity contribution in [3.63, 3.8) is 0 Å². The Hall–Kier alpha value is -2.05. The van der Waals surface area contributed by atoms with Crippen LogP contribution in [0.3, 0.4) is 0 Å². The fourth-order valence-corrected chi connectivity index (χ4v) is 2.90. The molecule has 0 bridgehead atoms. The summed E-state index contributed by atoms with van der Waals surface area (Å²) in [6.45, 7) is 3.66. The smallest absolute Gasteiger partial charge is 0.259 e. The zero-order valence-corrected chi connectivity index (χ0v) is 14.1. The van der Waals surface area contributed by atoms with E-state index in [2.05, 4.69) is 15.3 Å². The molecule has 1 amide bonds. The van der Waals surface area contributed by atoms with Crippen molar-refractivity contribution in [1.29, 1.82) is 0 Å². The number of hydrogen-bond acceptors (Lipinski definition) is 5. The minimum absolute atomic E-state index is 0.143. The molecule has 1 N–H and O–H groups in total. The molecule has 0 spiro atoms. The number of benzene rings is 1. The third kappa shape index (κ3) is 3.48. The third-order valence-corrected chi connectivity index (χ3v) is 4.67. The SMILES string of the molecule is Cc1c(Cl)cccc1NC(=O)[C@@H](C)Sc1nc2ncccc2o1. The van der Waals surface area contributed by atoms with E-state index in [1.165, 1.54) is 11.8 Å². The highest BCUT2D eigenvalue weighted by molar-refractivity contribution is 8.00. The monoisotopic (exact) mass is 347 g/mol. The Labute approximate surface area is 142 Å². The van der Waals surface area contributed by atoms with Gasteiger partial charge in [-0.3, -0.25) is 4.79 Å². The number of nitrogens with zero attached hydrogens (tertiary/aromatic N) is 2. The summed E-state index contributed by atoms with van der Waals surface area (Å²) in [4.78, 5) is 20.7. The summed E-state index contributed by atoms with van der Waals surface area (Å²) in [5.41, 5.74) is 2.68. The Kier molecular flexibility index (Phi) is 4.54. The van der Waals surface area contributed by atoms with Crippen molar-refractivity contribution in [2.45, 2.75) is 24.3 Å². The predicted molar refractivity (Wildman–Crippen MR) is 91.9 cm³/mol. The van der Waals surface area contributed by atoms with Gasteiger partial charge in [0.2, 0.25) is 5.91 Å². The topological polar surface area (TPSA) is 68.0 Å². The quantitative estimate of drug-likeness (QED) is 0.712. The van der Waals surface area contributed by atoms with Crippen LogP contribution in [0.25, 0.3) is 11.2 Å². The van der Waals surface area contributed by atoms with Gasteiger partial charge in [-0.1, -0.05) is 29.4 Å². The Morgan fingerprint density at radius 2 is 2.17 bits per heavy atom. The molecule has 3 rings (SSSR count). The largest absolute Gasteiger partial charge is 0.430 e. The molecular weight excluding hydrogens is 334 g/mol. The maximum atomic E-state index is 12.3. The molecule has 0 aliphatic heterocycles. The highest BCUT2D eigenvalue weighted by Crippen LogP contribution is 2.28. The molecule has 0 saturated heterocycles. The van der Waals surface area contributed by atoms with Crippen molar-refractivity contribution in [3.05, 3.63) is 47.1 Å². The predicted octanol–water partition coefficient (Wildman–Crippen LogP) is 4.30. The number of anilines is 1. The Morgan fingerprint density at radius 1 is 1.35 bits per heavy atom. The number of rotatable bonds is 4. The van der Waals surface area contributed by atoms with E-state index in [9.17, 15) is 4.79 Å². The average molecular weight is 348 g/mol. The molecule has 118 valence electrons. The Morgan fingerprint density at radius 3 is 2.96 bits per heavy atom. The molecule has 0 unspecified atom stereocenters. The number of oxazole rings is 1. The minimum atomic E-state index is -0.374. The van der Waals surface area contributed by atoms with Gasteiger partial charge in [0.15, 0.2) is 11.2 Å². The highest BCUT2D eigenvalue weighted by atomic mass is 35.5. The molecule has 5 nitrogen and oxygen atoms in total. The first kappa shape index (κ1) is 15.8. The van der Waals surface area contributed by atoms with Crippen LogP contribution >= 0.6 is 23.4 Å². The van der Waals surface area contributed by atoms with Crippen LogP contribution in [0.5, 0.6) is 0 Å². The first-order chi connectivity index (χ1) is 11.0. The van der Waals surface area contributed by atoms with Crippen LogP contribution in [0.4, 0.5) is 5.69 Å². The van der Waals surface area contributed by atoms with Crippen LogP contribution < -0.4 is 5.32 Å². The lowest BCUT2D eigenvalue weighted by Crippen LogP contribution is -2.22. The number of fused-ring (bicyclic) bond motifs is 1. The van der Waals surface area contributed by atoms with Gasteiger partial charge >= 0.3 is 0 Å². The molecule has 0 fully saturated rings. The fourth-order valence-electron chi connectivity index (χ4n) is 1.98. The summed E-state index contributed by atoms with van der Waals surface area (Å²) in [7, 11) is 0. The lowest BCUT2D eigenvalue weighted by molar-refractivity contribution is -0.115. The molecule has 3 aromatic rings. The second kappa shape index (κ2) is 6.60. The van der Waals surface area contributed by atoms with Crippen LogP contribution in [0.2, 0.25) is 5.02 Å². The van der Waals surface area contributed by atoms with Crippen LogP contribution in [-0.4, -0.2) is 21.1 Å². The molecule has 2 aromatic heterocycles. The summed E-state index contributed by atoms with van der Waals surface area (Å²) in [6, 6.07) is 8.98. The van der Waals surface area contributed by atoms with E-state index < -0.39 is 0 Å². The van der Waals surface area contributed by atoms with E-state index in [1.54, 1.807) is 37.4 Å². The van der Waals surface area contributed by atoms with Gasteiger partial charge in [0.1, 0.15) is 0 Å². The van der Waals surface area contributed by atoms with Gasteiger partial charge in [0, 0.05) is 16.9 Å². The standard InChI is InChI=1S/C16H14ClN3O2S/c1-9-11(17)5-3-6-12(9)19-15(21)10(2)23-16-20-14-13(22-16)7-4-8-18-14/h3-8,10H,1-2H3,(H,19,21)/t10-/m1/s1. The van der Waals surface area contributed by atoms with Crippen molar-refractivity contribution in [2.75, 3.05) is 5.32 Å². The number of carbonyl (C=O) groups excluding carboxylic acids is 1. The average Bonchev–Trinajstić information content (AvgIpc) is 2.93. The molecule has 0 aliphatic carbocycles. The van der Waals surface area contributed by atoms with E-state index >= 15 is 0 Å². The fraction of sp³-hybridized carbons (Fsp3) is 0.188. The van der Waals surface area contributed by atoms with Gasteiger partial charge in [0.05, 0.1) is 5.25 Å². The minimum Gasteiger partial charge on any atom is -0.430 e. The van der Waals surface area contributed by atoms with Crippen molar-refractivity contribution in [1.82, 2.24) is 9.97 Å². The number of amides is 1. The van der Waals surface area contributed by atoms with Gasteiger partial charge < -0.3 is 9.73 Å². The summed E-state index contributed by atoms with van der Waals surface area (Å²) < 4.78 is 5.57. The highest BCUT2D eigenvalue weighted by Gasteiger charge is 2.19. The zero-order valence-electron chi connectivity index (χ0n) is 12.5. The van der Waals surface area contributed by atoms with Crippen LogP contribution in [0, 0.1) is 6.92 Å². The lowest BCUT2D eigenvalue weighted by atomic mass is 10.2. The van der Waals surface area contributed by atoms with Crippen LogP contribution in [0.15, 0.2) is 46.2 Å². The molecule has 0 saturated carbocycles. The molecule has 0 radical (unpaired) electrons. The van der Waals surface area contributed by atoms with E-state index in [0.29, 0.717) is 27.2 Å². The number of halogens is 1. The number of hydrogen-bond donors (Lipinski definition) is 1. The van der Waals surface area contributed by atoms with Gasteiger partial charge in [-0.25, -0.2) is 4.98 Å². The third-order valence-electron chi connectivity index (χ3n) is 3.32. The van der Waals surface area contributed by atoms with Gasteiger partial charge in [0.25, 0.3) is 5.22 Å². The first-order valence-corrected chi connectivity index (χ1v) is 8.24. The molecule has 1 aromatic carbocycles. The number of aromatic nitrogens is 2. The van der Waals surface area contributed by atoms with Gasteiger partial charge in [-0.15, -0.1) is 0 Å². The van der Waals surface area contributed by atoms with Crippen LogP contribution in [-0.2, 0) is 4.79 Å². The second-order valence-electron chi connectivity index (χ2n) is 4.97. The Bertz CT molecular complexity index is 832. The second-order valence-corrected chi connectivity index (χ2v) is 6.67. The van der Waals surface area contributed by atoms with Gasteiger partial charge in [-0.05, 0) is 43.7 Å². The number of carbonyl (C=O) groups is 1. The van der Waals surface area contributed by atoms with Crippen molar-refractivity contribution < 1.29 is 9.21 Å². The summed E-state index contributed by atoms with van der Waals surface area (Å²) in [5, 5.41) is 3.54. The molecule has 0 aliphatic rings. The maximum absolute atomic E-state index is 12.3. The van der Waals surface area contributed by atoms with E-state index in [1.807, 2.05) is 13.0 Å². The van der Waals surface area contributed by atoms with Crippen molar-refractivity contribution in [2.24, 2.45) is 0 Å². The molecule has 2 heterocycles. The van der Waals surface area contributed by atoms with Crippen molar-refractivity contribution in [3.8, 4) is 0 Å².